The molecule has 0 saturated carbocycles. The van der Waals surface area contributed by atoms with Gasteiger partial charge in [0.15, 0.2) is 17.4 Å². The lowest BCUT2D eigenvalue weighted by atomic mass is 10.1. The molecule has 142 valence electrons. The van der Waals surface area contributed by atoms with Gasteiger partial charge in [0.1, 0.15) is 5.69 Å². The van der Waals surface area contributed by atoms with E-state index in [-0.39, 0.29) is 36.5 Å². The average molecular weight is 410 g/mol. The number of rotatable bonds is 4. The van der Waals surface area contributed by atoms with Crippen molar-refractivity contribution >= 4 is 36.5 Å². The highest BCUT2D eigenvalue weighted by Gasteiger charge is 2.10. The normalized spacial score (nSPS) is 11.4. The molecule has 0 amide bonds. The summed E-state index contributed by atoms with van der Waals surface area (Å²) in [6.07, 6.45) is 0. The number of nitrogens with zero attached hydrogens (tertiary/aromatic N) is 3. The van der Waals surface area contributed by atoms with Crippen LogP contribution in [0.2, 0.25) is 0 Å². The Hall–Kier alpha value is -3.23. The molecule has 0 unspecified atom stereocenters. The van der Waals surface area contributed by atoms with Crippen LogP contribution in [-0.4, -0.2) is 27.2 Å². The highest BCUT2D eigenvalue weighted by Crippen LogP contribution is 2.26. The van der Waals surface area contributed by atoms with Crippen molar-refractivity contribution in [3.63, 3.8) is 0 Å². The van der Waals surface area contributed by atoms with Crippen LogP contribution < -0.4 is 11.5 Å². The smallest absolute Gasteiger partial charge is 0.170 e. The maximum Gasteiger partial charge on any atom is 0.170 e. The Bertz CT molecular complexity index is 862. The second kappa shape index (κ2) is 9.46. The second-order valence-electron chi connectivity index (χ2n) is 5.20. The minimum absolute atomic E-state index is 0. The lowest BCUT2D eigenvalue weighted by Gasteiger charge is -2.00. The van der Waals surface area contributed by atoms with Gasteiger partial charge >= 0.3 is 0 Å². The molecule has 2 aromatic carbocycles. The Morgan fingerprint density at radius 3 is 1.67 bits per heavy atom. The number of aromatic nitrogens is 1. The quantitative estimate of drug-likeness (QED) is 0.225. The molecule has 0 aliphatic carbocycles. The Kier molecular flexibility index (Phi) is 7.64. The fourth-order valence-electron chi connectivity index (χ4n) is 2.28. The molecular weight excluding hydrogens is 393 g/mol. The van der Waals surface area contributed by atoms with Gasteiger partial charge in [-0.05, 0) is 0 Å². The number of oxime groups is 2. The maximum absolute atomic E-state index is 8.68. The van der Waals surface area contributed by atoms with Crippen molar-refractivity contribution in [3.05, 3.63) is 65.7 Å². The van der Waals surface area contributed by atoms with Crippen molar-refractivity contribution in [3.8, 4) is 22.6 Å². The molecule has 3 rings (SSSR count). The van der Waals surface area contributed by atoms with Gasteiger partial charge in [-0.2, -0.15) is 0 Å². The molecule has 0 aliphatic heterocycles. The van der Waals surface area contributed by atoms with Crippen LogP contribution in [0.1, 0.15) is 11.1 Å². The summed E-state index contributed by atoms with van der Waals surface area (Å²) in [5.41, 5.74) is 14.6. The topological polar surface area (TPSA) is 143 Å². The fraction of sp³-hybridized carbons (Fsp3) is 0. The molecule has 0 atom stereocenters. The van der Waals surface area contributed by atoms with Gasteiger partial charge < -0.3 is 26.4 Å². The number of benzene rings is 2. The fourth-order valence-corrected chi connectivity index (χ4v) is 2.28. The van der Waals surface area contributed by atoms with E-state index in [1.807, 2.05) is 0 Å². The molecule has 1 aromatic heterocycles. The minimum Gasteiger partial charge on any atom is -0.409 e. The summed E-state index contributed by atoms with van der Waals surface area (Å²) in [6.45, 7) is 0. The van der Waals surface area contributed by atoms with Gasteiger partial charge in [0, 0.05) is 28.3 Å². The van der Waals surface area contributed by atoms with Crippen LogP contribution >= 0.6 is 24.8 Å². The van der Waals surface area contributed by atoms with E-state index < -0.39 is 0 Å². The first-order valence-electron chi connectivity index (χ1n) is 7.25. The van der Waals surface area contributed by atoms with Crippen LogP contribution in [0, 0.1) is 0 Å². The average Bonchev–Trinajstić information content (AvgIpc) is 3.17. The summed E-state index contributed by atoms with van der Waals surface area (Å²) in [5.74, 6) is 0.662. The Labute approximate surface area is 167 Å². The van der Waals surface area contributed by atoms with Crippen LogP contribution in [0.25, 0.3) is 22.6 Å². The number of amidine groups is 2. The van der Waals surface area contributed by atoms with Crippen LogP contribution in [-0.2, 0) is 0 Å². The zero-order valence-electron chi connectivity index (χ0n) is 13.8. The molecule has 0 fully saturated rings. The van der Waals surface area contributed by atoms with Crippen molar-refractivity contribution in [2.45, 2.75) is 0 Å². The van der Waals surface area contributed by atoms with E-state index in [1.165, 1.54) is 0 Å². The van der Waals surface area contributed by atoms with Gasteiger partial charge in [0.2, 0.25) is 0 Å². The summed E-state index contributed by atoms with van der Waals surface area (Å²) in [4.78, 5) is 0. The first-order chi connectivity index (χ1) is 12.1. The molecule has 0 radical (unpaired) electrons. The lowest BCUT2D eigenvalue weighted by Crippen LogP contribution is -2.12. The van der Waals surface area contributed by atoms with Crippen molar-refractivity contribution < 1.29 is 14.9 Å². The number of hydrogen-bond donors (Lipinski definition) is 4. The van der Waals surface area contributed by atoms with Gasteiger partial charge in [0.25, 0.3) is 0 Å². The van der Waals surface area contributed by atoms with E-state index in [2.05, 4.69) is 15.5 Å². The molecular formula is C17H17Cl2N5O3. The van der Waals surface area contributed by atoms with Gasteiger partial charge in [-0.3, -0.25) is 0 Å². The van der Waals surface area contributed by atoms with Gasteiger partial charge in [-0.1, -0.05) is 64.0 Å². The predicted molar refractivity (Wildman–Crippen MR) is 107 cm³/mol. The van der Waals surface area contributed by atoms with Crippen LogP contribution in [0.15, 0.2) is 69.4 Å². The summed E-state index contributed by atoms with van der Waals surface area (Å²) in [7, 11) is 0. The van der Waals surface area contributed by atoms with Crippen LogP contribution in [0.3, 0.4) is 0 Å². The molecule has 0 bridgehead atoms. The van der Waals surface area contributed by atoms with Crippen molar-refractivity contribution in [1.29, 1.82) is 0 Å². The first kappa shape index (κ1) is 21.8. The van der Waals surface area contributed by atoms with Gasteiger partial charge in [0.05, 0.1) is 0 Å². The highest BCUT2D eigenvalue weighted by molar-refractivity contribution is 5.98. The lowest BCUT2D eigenvalue weighted by molar-refractivity contribution is 0.318. The van der Waals surface area contributed by atoms with E-state index >= 15 is 0 Å². The first-order valence-corrected chi connectivity index (χ1v) is 7.25. The standard InChI is InChI=1S/C17H15N5O3.2ClH/c18-16(20-23)12-5-1-10(2-6-12)14-9-15(25-22-14)11-3-7-13(8-4-11)17(19)21-24;;/h1-9,23-24H,(H2,18,20)(H2,19,21);2*1H. The highest BCUT2D eigenvalue weighted by atomic mass is 35.5. The summed E-state index contributed by atoms with van der Waals surface area (Å²) >= 11 is 0. The SMILES string of the molecule is Cl.Cl.N/C(=N\O)c1ccc(-c2cc(-c3ccc(/C(N)=N/O)cc3)on2)cc1. The van der Waals surface area contributed by atoms with Gasteiger partial charge in [-0.15, -0.1) is 24.8 Å². The minimum atomic E-state index is 0. The zero-order valence-corrected chi connectivity index (χ0v) is 15.4. The van der Waals surface area contributed by atoms with Gasteiger partial charge in [-0.25, -0.2) is 0 Å². The molecule has 1 heterocycles. The monoisotopic (exact) mass is 409 g/mol. The molecule has 6 N–H and O–H groups in total. The van der Waals surface area contributed by atoms with Crippen LogP contribution in [0.5, 0.6) is 0 Å². The van der Waals surface area contributed by atoms with E-state index in [4.69, 9.17) is 26.4 Å². The largest absolute Gasteiger partial charge is 0.409 e. The third kappa shape index (κ3) is 4.69. The summed E-state index contributed by atoms with van der Waals surface area (Å²) in [5, 5.41) is 27.3. The Balaban J connectivity index is 0.00000182. The zero-order chi connectivity index (χ0) is 17.8. The summed E-state index contributed by atoms with van der Waals surface area (Å²) < 4.78 is 5.38. The van der Waals surface area contributed by atoms with E-state index in [0.29, 0.717) is 22.6 Å². The van der Waals surface area contributed by atoms with E-state index in [9.17, 15) is 0 Å². The number of hydrogen-bond acceptors (Lipinski definition) is 6. The number of nitrogens with two attached hydrogens (primary N) is 2. The summed E-state index contributed by atoms with van der Waals surface area (Å²) in [6, 6.07) is 15.9. The third-order valence-corrected chi connectivity index (χ3v) is 3.67. The van der Waals surface area contributed by atoms with E-state index in [1.54, 1.807) is 54.6 Å². The molecule has 10 heteroatoms. The van der Waals surface area contributed by atoms with Crippen LogP contribution in [0.4, 0.5) is 0 Å². The third-order valence-electron chi connectivity index (χ3n) is 3.67. The molecule has 0 aliphatic rings. The Morgan fingerprint density at radius 1 is 0.778 bits per heavy atom. The molecule has 8 nitrogen and oxygen atoms in total. The van der Waals surface area contributed by atoms with Crippen molar-refractivity contribution in [1.82, 2.24) is 5.16 Å². The molecule has 27 heavy (non-hydrogen) atoms. The van der Waals surface area contributed by atoms with Crippen molar-refractivity contribution in [2.75, 3.05) is 0 Å². The molecule has 3 aromatic rings. The molecule has 0 spiro atoms. The molecule has 0 saturated heterocycles. The van der Waals surface area contributed by atoms with Crippen molar-refractivity contribution in [2.24, 2.45) is 21.8 Å². The Morgan fingerprint density at radius 2 is 1.22 bits per heavy atom. The predicted octanol–water partition coefficient (Wildman–Crippen LogP) is 3.04. The number of halogens is 2. The maximum atomic E-state index is 8.68. The van der Waals surface area contributed by atoms with E-state index in [0.717, 1.165) is 11.1 Å². The second-order valence-corrected chi connectivity index (χ2v) is 5.20.